The van der Waals surface area contributed by atoms with Crippen molar-refractivity contribution < 1.29 is 9.90 Å². The lowest BCUT2D eigenvalue weighted by molar-refractivity contribution is -0.156. The summed E-state index contributed by atoms with van der Waals surface area (Å²) in [7, 11) is 0. The number of β-amino-alcohol motifs (C(OH)–C–C–N with tert-alkyl or cyclic N) is 1. The molecule has 4 fully saturated rings. The third kappa shape index (κ3) is 2.77. The first kappa shape index (κ1) is 16.7. The van der Waals surface area contributed by atoms with Crippen LogP contribution in [0.1, 0.15) is 31.2 Å². The van der Waals surface area contributed by atoms with Gasteiger partial charge in [-0.25, -0.2) is 0 Å². The largest absolute Gasteiger partial charge is 0.392 e. The Kier molecular flexibility index (Phi) is 4.07. The van der Waals surface area contributed by atoms with Crippen LogP contribution in [-0.2, 0) is 11.2 Å². The lowest BCUT2D eigenvalue weighted by Crippen LogP contribution is -2.79. The van der Waals surface area contributed by atoms with Crippen LogP contribution < -0.4 is 0 Å². The van der Waals surface area contributed by atoms with Crippen LogP contribution >= 0.6 is 0 Å². The van der Waals surface area contributed by atoms with E-state index in [0.717, 1.165) is 50.7 Å². The molecular formula is C21H29N3O2. The van der Waals surface area contributed by atoms with Crippen molar-refractivity contribution in [1.82, 2.24) is 14.7 Å². The third-order valence-corrected chi connectivity index (χ3v) is 7.05. The number of hydrogen-bond acceptors (Lipinski definition) is 4. The first-order chi connectivity index (χ1) is 12.6. The highest BCUT2D eigenvalue weighted by molar-refractivity contribution is 5.79. The number of nitrogens with zero attached hydrogens (tertiary/aromatic N) is 3. The Labute approximate surface area is 155 Å². The molecule has 5 rings (SSSR count). The van der Waals surface area contributed by atoms with Crippen molar-refractivity contribution in [2.24, 2.45) is 0 Å². The van der Waals surface area contributed by atoms with Crippen molar-refractivity contribution >= 4 is 5.91 Å². The van der Waals surface area contributed by atoms with Crippen molar-refractivity contribution in [3.8, 4) is 0 Å². The van der Waals surface area contributed by atoms with E-state index in [1.807, 2.05) is 30.3 Å². The number of aliphatic hydroxyl groups excluding tert-OH is 1. The maximum atomic E-state index is 13.0. The Balaban J connectivity index is 1.31. The number of aliphatic hydroxyl groups is 1. The molecule has 0 bridgehead atoms. The Morgan fingerprint density at radius 3 is 2.54 bits per heavy atom. The zero-order valence-corrected chi connectivity index (χ0v) is 15.4. The van der Waals surface area contributed by atoms with Gasteiger partial charge in [-0.15, -0.1) is 0 Å². The number of rotatable bonds is 3. The predicted octanol–water partition coefficient (Wildman–Crippen LogP) is 1.11. The van der Waals surface area contributed by atoms with E-state index in [-0.39, 0.29) is 17.6 Å². The average Bonchev–Trinajstić information content (AvgIpc) is 2.93. The number of carbonyl (C=O) groups is 1. The van der Waals surface area contributed by atoms with E-state index < -0.39 is 0 Å². The Morgan fingerprint density at radius 1 is 1.08 bits per heavy atom. The fraction of sp³-hybridized carbons (Fsp3) is 0.667. The maximum Gasteiger partial charge on any atom is 0.227 e. The van der Waals surface area contributed by atoms with Gasteiger partial charge in [-0.2, -0.15) is 0 Å². The van der Waals surface area contributed by atoms with Gasteiger partial charge in [-0.1, -0.05) is 36.8 Å². The molecule has 3 aliphatic heterocycles. The number of likely N-dealkylation sites (tertiary alicyclic amines) is 1. The van der Waals surface area contributed by atoms with Gasteiger partial charge in [-0.3, -0.25) is 14.6 Å². The Hall–Kier alpha value is -1.43. The first-order valence-corrected chi connectivity index (χ1v) is 10.1. The summed E-state index contributed by atoms with van der Waals surface area (Å²) in [5, 5.41) is 10.2. The standard InChI is InChI=1S/C21H29N3O2/c25-19-10-18-11-22(20(26)9-16-5-2-1-3-6-16)13-21(24(18)12-19)14-23(15-21)17-7-4-8-17/h1-3,5-6,17-19,25H,4,7-15H2. The molecule has 140 valence electrons. The summed E-state index contributed by atoms with van der Waals surface area (Å²) in [5.41, 5.74) is 1.16. The van der Waals surface area contributed by atoms with Gasteiger partial charge in [0.1, 0.15) is 0 Å². The predicted molar refractivity (Wildman–Crippen MR) is 99.8 cm³/mol. The van der Waals surface area contributed by atoms with Crippen LogP contribution in [0, 0.1) is 0 Å². The highest BCUT2D eigenvalue weighted by Gasteiger charge is 2.57. The van der Waals surface area contributed by atoms with Crippen LogP contribution in [0.3, 0.4) is 0 Å². The number of carbonyl (C=O) groups excluding carboxylic acids is 1. The minimum atomic E-state index is -0.237. The summed E-state index contributed by atoms with van der Waals surface area (Å²) in [4.78, 5) is 20.2. The molecule has 0 radical (unpaired) electrons. The molecule has 2 atom stereocenters. The summed E-state index contributed by atoms with van der Waals surface area (Å²) in [5.74, 6) is 0.235. The number of hydrogen-bond donors (Lipinski definition) is 1. The van der Waals surface area contributed by atoms with Gasteiger partial charge in [-0.05, 0) is 24.8 Å². The Bertz CT molecular complexity index is 669. The highest BCUT2D eigenvalue weighted by Crippen LogP contribution is 2.42. The Morgan fingerprint density at radius 2 is 1.85 bits per heavy atom. The van der Waals surface area contributed by atoms with E-state index in [4.69, 9.17) is 0 Å². The molecule has 1 spiro atoms. The molecule has 26 heavy (non-hydrogen) atoms. The lowest BCUT2D eigenvalue weighted by Gasteiger charge is -2.63. The molecule has 5 heteroatoms. The van der Waals surface area contributed by atoms with Gasteiger partial charge in [0.15, 0.2) is 0 Å². The van der Waals surface area contributed by atoms with Crippen molar-refractivity contribution in [3.63, 3.8) is 0 Å². The zero-order valence-electron chi connectivity index (χ0n) is 15.4. The van der Waals surface area contributed by atoms with Crippen molar-refractivity contribution in [1.29, 1.82) is 0 Å². The van der Waals surface area contributed by atoms with Crippen molar-refractivity contribution in [2.75, 3.05) is 32.7 Å². The van der Waals surface area contributed by atoms with Gasteiger partial charge >= 0.3 is 0 Å². The van der Waals surface area contributed by atoms with Gasteiger partial charge in [0.05, 0.1) is 18.1 Å². The summed E-state index contributed by atoms with van der Waals surface area (Å²) in [6.07, 6.45) is 5.08. The summed E-state index contributed by atoms with van der Waals surface area (Å²) in [6.45, 7) is 4.51. The van der Waals surface area contributed by atoms with Crippen molar-refractivity contribution in [3.05, 3.63) is 35.9 Å². The van der Waals surface area contributed by atoms with Gasteiger partial charge in [0, 0.05) is 44.8 Å². The third-order valence-electron chi connectivity index (χ3n) is 7.05. The van der Waals surface area contributed by atoms with Gasteiger partial charge < -0.3 is 10.0 Å². The highest BCUT2D eigenvalue weighted by atomic mass is 16.3. The topological polar surface area (TPSA) is 47.0 Å². The monoisotopic (exact) mass is 355 g/mol. The second-order valence-electron chi connectivity index (χ2n) is 8.85. The SMILES string of the molecule is O=C(Cc1ccccc1)N1CC2CC(O)CN2C2(C1)CN(C1CCC1)C2. The first-order valence-electron chi connectivity index (χ1n) is 10.1. The minimum Gasteiger partial charge on any atom is -0.392 e. The molecule has 1 aliphatic carbocycles. The van der Waals surface area contributed by atoms with E-state index in [0.29, 0.717) is 12.5 Å². The van der Waals surface area contributed by atoms with Crippen LogP contribution in [0.4, 0.5) is 0 Å². The molecule has 5 nitrogen and oxygen atoms in total. The molecule has 1 N–H and O–H groups in total. The molecule has 1 saturated carbocycles. The van der Waals surface area contributed by atoms with E-state index in [1.165, 1.54) is 19.3 Å². The molecule has 3 heterocycles. The minimum absolute atomic E-state index is 0.0718. The second-order valence-corrected chi connectivity index (χ2v) is 8.85. The quantitative estimate of drug-likeness (QED) is 0.883. The van der Waals surface area contributed by atoms with Crippen LogP contribution in [0.5, 0.6) is 0 Å². The van der Waals surface area contributed by atoms with Crippen LogP contribution in [0.2, 0.25) is 0 Å². The number of amides is 1. The van der Waals surface area contributed by atoms with Crippen molar-refractivity contribution in [2.45, 2.75) is 55.8 Å². The molecule has 2 unspecified atom stereocenters. The van der Waals surface area contributed by atoms with Crippen LogP contribution in [-0.4, -0.2) is 82.2 Å². The second kappa shape index (κ2) is 6.32. The molecule has 3 saturated heterocycles. The van der Waals surface area contributed by atoms with Gasteiger partial charge in [0.2, 0.25) is 5.91 Å². The molecule has 1 amide bonds. The molecule has 0 aromatic heterocycles. The molecular weight excluding hydrogens is 326 g/mol. The van der Waals surface area contributed by atoms with Crippen LogP contribution in [0.25, 0.3) is 0 Å². The number of fused-ring (bicyclic) bond motifs is 2. The van der Waals surface area contributed by atoms with E-state index in [2.05, 4.69) is 14.7 Å². The lowest BCUT2D eigenvalue weighted by atomic mass is 9.79. The fourth-order valence-corrected chi connectivity index (χ4v) is 5.48. The van der Waals surface area contributed by atoms with E-state index in [1.54, 1.807) is 0 Å². The van der Waals surface area contributed by atoms with E-state index in [9.17, 15) is 9.90 Å². The van der Waals surface area contributed by atoms with Gasteiger partial charge in [0.25, 0.3) is 0 Å². The van der Waals surface area contributed by atoms with Crippen LogP contribution in [0.15, 0.2) is 30.3 Å². The summed E-state index contributed by atoms with van der Waals surface area (Å²) in [6, 6.07) is 11.1. The normalized spacial score (nSPS) is 31.5. The molecule has 1 aromatic rings. The number of benzene rings is 1. The summed E-state index contributed by atoms with van der Waals surface area (Å²) < 4.78 is 0. The molecule has 4 aliphatic rings. The summed E-state index contributed by atoms with van der Waals surface area (Å²) >= 11 is 0. The molecule has 1 aromatic carbocycles. The fourth-order valence-electron chi connectivity index (χ4n) is 5.48. The van der Waals surface area contributed by atoms with E-state index >= 15 is 0 Å². The zero-order chi connectivity index (χ0) is 17.7. The maximum absolute atomic E-state index is 13.0. The smallest absolute Gasteiger partial charge is 0.227 e. The average molecular weight is 355 g/mol. The number of piperazine rings is 1.